The van der Waals surface area contributed by atoms with Gasteiger partial charge in [-0.2, -0.15) is 8.42 Å². The molecule has 0 bridgehead atoms. The van der Waals surface area contributed by atoms with Gasteiger partial charge in [-0.1, -0.05) is 11.6 Å². The number of nitrogens with one attached hydrogen (secondary N) is 1. The highest BCUT2D eigenvalue weighted by molar-refractivity contribution is 7.92. The van der Waals surface area contributed by atoms with Crippen LogP contribution in [0.2, 0.25) is 5.02 Å². The van der Waals surface area contributed by atoms with Gasteiger partial charge in [0, 0.05) is 0 Å². The molecule has 2 aromatic rings. The van der Waals surface area contributed by atoms with E-state index in [0.29, 0.717) is 0 Å². The number of halogens is 1. The number of sulfonamides is 1. The Balaban J connectivity index is 2.58. The Labute approximate surface area is 125 Å². The van der Waals surface area contributed by atoms with Gasteiger partial charge >= 0.3 is 5.97 Å². The molecule has 1 heterocycles. The Hall–Kier alpha value is -2.19. The zero-order chi connectivity index (χ0) is 15.6. The molecule has 0 unspecified atom stereocenters. The fraction of sp³-hybridized carbons (Fsp3) is 0.0833. The van der Waals surface area contributed by atoms with Gasteiger partial charge in [-0.15, -0.1) is 0 Å². The molecule has 0 spiro atoms. The summed E-state index contributed by atoms with van der Waals surface area (Å²) in [5.41, 5.74) is -0.681. The largest absolute Gasteiger partial charge is 0.495 e. The normalized spacial score (nSPS) is 11.1. The highest BCUT2D eigenvalue weighted by atomic mass is 35.5. The van der Waals surface area contributed by atoms with Gasteiger partial charge in [0.05, 0.1) is 18.4 Å². The van der Waals surface area contributed by atoms with Crippen molar-refractivity contribution in [1.82, 2.24) is 0 Å². The number of methoxy groups -OCH3 is 1. The Morgan fingerprint density at radius 1 is 1.38 bits per heavy atom. The lowest BCUT2D eigenvalue weighted by molar-refractivity contribution is 0.0698. The first-order valence-electron chi connectivity index (χ1n) is 5.53. The van der Waals surface area contributed by atoms with Gasteiger partial charge in [0.2, 0.25) is 5.09 Å². The minimum Gasteiger partial charge on any atom is -0.495 e. The Morgan fingerprint density at radius 2 is 2.10 bits per heavy atom. The molecule has 0 saturated carbocycles. The van der Waals surface area contributed by atoms with Crippen molar-refractivity contribution < 1.29 is 27.5 Å². The Bertz CT molecular complexity index is 769. The molecular weight excluding hydrogens is 322 g/mol. The van der Waals surface area contributed by atoms with Crippen LogP contribution in [0.25, 0.3) is 0 Å². The van der Waals surface area contributed by atoms with Crippen molar-refractivity contribution in [2.75, 3.05) is 11.8 Å². The van der Waals surface area contributed by atoms with E-state index in [4.69, 9.17) is 20.8 Å². The molecule has 112 valence electrons. The summed E-state index contributed by atoms with van der Waals surface area (Å²) >= 11 is 5.81. The quantitative estimate of drug-likeness (QED) is 0.871. The predicted molar refractivity (Wildman–Crippen MR) is 74.5 cm³/mol. The monoisotopic (exact) mass is 331 g/mol. The van der Waals surface area contributed by atoms with Gasteiger partial charge < -0.3 is 14.3 Å². The van der Waals surface area contributed by atoms with Gasteiger partial charge in [-0.05, 0) is 24.3 Å². The molecule has 0 fully saturated rings. The van der Waals surface area contributed by atoms with Crippen LogP contribution >= 0.6 is 11.6 Å². The van der Waals surface area contributed by atoms with Crippen molar-refractivity contribution in [2.24, 2.45) is 0 Å². The molecule has 0 radical (unpaired) electrons. The van der Waals surface area contributed by atoms with Gasteiger partial charge in [-0.25, -0.2) is 4.79 Å². The average Bonchev–Trinajstić information content (AvgIpc) is 2.92. The molecule has 1 aromatic carbocycles. The summed E-state index contributed by atoms with van der Waals surface area (Å²) in [4.78, 5) is 11.3. The van der Waals surface area contributed by atoms with Gasteiger partial charge in [-0.3, -0.25) is 4.72 Å². The molecule has 21 heavy (non-hydrogen) atoms. The third kappa shape index (κ3) is 2.96. The number of benzene rings is 1. The second kappa shape index (κ2) is 5.66. The summed E-state index contributed by atoms with van der Waals surface area (Å²) in [6.07, 6.45) is 1.18. The molecule has 7 nitrogen and oxygen atoms in total. The first-order chi connectivity index (χ1) is 9.86. The highest BCUT2D eigenvalue weighted by Gasteiger charge is 2.25. The maximum atomic E-state index is 12.1. The lowest BCUT2D eigenvalue weighted by atomic mass is 10.1. The van der Waals surface area contributed by atoms with Crippen LogP contribution in [0.15, 0.2) is 40.0 Å². The Morgan fingerprint density at radius 3 is 2.62 bits per heavy atom. The minimum absolute atomic E-state index is 0.0203. The number of hydrogen-bond acceptors (Lipinski definition) is 5. The maximum absolute atomic E-state index is 12.1. The molecular formula is C12H10ClNO6S. The van der Waals surface area contributed by atoms with Gasteiger partial charge in [0.25, 0.3) is 10.0 Å². The molecule has 0 aliphatic heterocycles. The second-order valence-corrected chi connectivity index (χ2v) is 5.86. The van der Waals surface area contributed by atoms with E-state index in [1.54, 1.807) is 0 Å². The number of carboxylic acid groups (broad SMARTS) is 1. The number of ether oxygens (including phenoxy) is 1. The summed E-state index contributed by atoms with van der Waals surface area (Å²) in [6.45, 7) is 0. The fourth-order valence-corrected chi connectivity index (χ4v) is 2.89. The third-order valence-electron chi connectivity index (χ3n) is 2.55. The molecule has 0 aliphatic carbocycles. The first kappa shape index (κ1) is 15.2. The van der Waals surface area contributed by atoms with Crippen LogP contribution < -0.4 is 9.46 Å². The number of carbonyl (C=O) groups is 1. The average molecular weight is 332 g/mol. The maximum Gasteiger partial charge on any atom is 0.339 e. The zero-order valence-electron chi connectivity index (χ0n) is 10.7. The van der Waals surface area contributed by atoms with Crippen molar-refractivity contribution in [3.63, 3.8) is 0 Å². The van der Waals surface area contributed by atoms with Crippen LogP contribution in [0.4, 0.5) is 5.69 Å². The Kier molecular flexibility index (Phi) is 4.10. The van der Waals surface area contributed by atoms with E-state index in [1.165, 1.54) is 37.6 Å². The molecule has 0 saturated heterocycles. The van der Waals surface area contributed by atoms with E-state index >= 15 is 0 Å². The standard InChI is InChI=1S/C12H10ClNO6S/c1-19-8-5-4-7(13)10(12(15)16)11(8)14-21(17,18)9-3-2-6-20-9/h2-6,14H,1H3,(H,15,16). The molecule has 2 N–H and O–H groups in total. The molecule has 0 atom stereocenters. The first-order valence-corrected chi connectivity index (χ1v) is 7.39. The van der Waals surface area contributed by atoms with E-state index in [0.717, 1.165) is 0 Å². The summed E-state index contributed by atoms with van der Waals surface area (Å²) in [5.74, 6) is -1.37. The van der Waals surface area contributed by atoms with E-state index in [-0.39, 0.29) is 21.6 Å². The summed E-state index contributed by atoms with van der Waals surface area (Å²) in [7, 11) is -2.82. The molecule has 9 heteroatoms. The number of hydrogen-bond donors (Lipinski definition) is 2. The molecule has 0 aliphatic rings. The number of aromatic carboxylic acids is 1. The SMILES string of the molecule is COc1ccc(Cl)c(C(=O)O)c1NS(=O)(=O)c1ccco1. The van der Waals surface area contributed by atoms with E-state index in [2.05, 4.69) is 4.72 Å². The number of rotatable bonds is 5. The highest BCUT2D eigenvalue weighted by Crippen LogP contribution is 2.35. The molecule has 0 amide bonds. The van der Waals surface area contributed by atoms with E-state index < -0.39 is 21.6 Å². The molecule has 1 aromatic heterocycles. The lowest BCUT2D eigenvalue weighted by Crippen LogP contribution is -2.16. The van der Waals surface area contributed by atoms with Crippen molar-refractivity contribution in [2.45, 2.75) is 5.09 Å². The predicted octanol–water partition coefficient (Wildman–Crippen LogP) is 2.44. The van der Waals surface area contributed by atoms with Gasteiger partial charge in [0.15, 0.2) is 0 Å². The topological polar surface area (TPSA) is 106 Å². The van der Waals surface area contributed by atoms with Crippen LogP contribution in [-0.2, 0) is 10.0 Å². The van der Waals surface area contributed by atoms with Crippen LogP contribution in [-0.4, -0.2) is 26.6 Å². The van der Waals surface area contributed by atoms with Crippen molar-refractivity contribution in [1.29, 1.82) is 0 Å². The summed E-state index contributed by atoms with van der Waals surface area (Å²) < 4.78 is 36.1. The summed E-state index contributed by atoms with van der Waals surface area (Å²) in [5, 5.41) is 8.71. The minimum atomic E-state index is -4.09. The van der Waals surface area contributed by atoms with Crippen LogP contribution in [0.1, 0.15) is 10.4 Å². The third-order valence-corrected chi connectivity index (χ3v) is 4.10. The van der Waals surface area contributed by atoms with Crippen molar-refractivity contribution in [3.05, 3.63) is 41.1 Å². The fourth-order valence-electron chi connectivity index (χ4n) is 1.64. The van der Waals surface area contributed by atoms with E-state index in [1.807, 2.05) is 0 Å². The number of anilines is 1. The van der Waals surface area contributed by atoms with Crippen LogP contribution in [0, 0.1) is 0 Å². The van der Waals surface area contributed by atoms with E-state index in [9.17, 15) is 18.3 Å². The number of furan rings is 1. The number of carboxylic acids is 1. The molecule has 2 rings (SSSR count). The second-order valence-electron chi connectivity index (χ2n) is 3.84. The van der Waals surface area contributed by atoms with Crippen LogP contribution in [0.5, 0.6) is 5.75 Å². The van der Waals surface area contributed by atoms with Gasteiger partial charge in [0.1, 0.15) is 17.0 Å². The smallest absolute Gasteiger partial charge is 0.339 e. The van der Waals surface area contributed by atoms with Crippen LogP contribution in [0.3, 0.4) is 0 Å². The van der Waals surface area contributed by atoms with Crippen molar-refractivity contribution in [3.8, 4) is 5.75 Å². The zero-order valence-corrected chi connectivity index (χ0v) is 12.2. The summed E-state index contributed by atoms with van der Waals surface area (Å²) in [6, 6.07) is 5.27. The lowest BCUT2D eigenvalue weighted by Gasteiger charge is -2.14. The van der Waals surface area contributed by atoms with Crippen molar-refractivity contribution >= 4 is 33.3 Å².